The van der Waals surface area contributed by atoms with Crippen LogP contribution in [0.5, 0.6) is 0 Å². The van der Waals surface area contributed by atoms with Crippen molar-refractivity contribution < 1.29 is 9.53 Å². The summed E-state index contributed by atoms with van der Waals surface area (Å²) in [5.41, 5.74) is 2.28. The minimum atomic E-state index is -0.0767. The molecule has 1 saturated heterocycles. The minimum absolute atomic E-state index is 0.0587. The highest BCUT2D eigenvalue weighted by Gasteiger charge is 2.41. The maximum absolute atomic E-state index is 12.8. The van der Waals surface area contributed by atoms with Crippen LogP contribution in [0.4, 0.5) is 0 Å². The fourth-order valence-electron chi connectivity index (χ4n) is 3.30. The van der Waals surface area contributed by atoms with Crippen molar-refractivity contribution in [2.45, 2.75) is 44.9 Å². The van der Waals surface area contributed by atoms with Crippen LogP contribution >= 0.6 is 22.7 Å². The van der Waals surface area contributed by atoms with Gasteiger partial charge in [0.2, 0.25) is 5.91 Å². The van der Waals surface area contributed by atoms with Crippen LogP contribution in [0.25, 0.3) is 0 Å². The molecule has 24 heavy (non-hydrogen) atoms. The van der Waals surface area contributed by atoms with Crippen LogP contribution in [0.3, 0.4) is 0 Å². The molecule has 0 saturated carbocycles. The summed E-state index contributed by atoms with van der Waals surface area (Å²) in [5.74, 6) is 0.00437. The third-order valence-electron chi connectivity index (χ3n) is 4.75. The molecule has 2 bridgehead atoms. The Morgan fingerprint density at radius 1 is 1.46 bits per heavy atom. The lowest BCUT2D eigenvalue weighted by atomic mass is 9.93. The molecule has 0 spiro atoms. The zero-order valence-electron chi connectivity index (χ0n) is 13.7. The van der Waals surface area contributed by atoms with E-state index in [1.54, 1.807) is 22.7 Å². The number of aromatic nitrogens is 1. The highest BCUT2D eigenvalue weighted by atomic mass is 32.1. The first kappa shape index (κ1) is 16.0. The van der Waals surface area contributed by atoms with Crippen molar-refractivity contribution in [2.75, 3.05) is 0 Å². The SMILES string of the molecule is Cc1nc([C@@H](Cc2ccsc2)NC(=O)[C@@H]2C[C@@H]3C=C[C@@H]2O3)sc1C. The summed E-state index contributed by atoms with van der Waals surface area (Å²) >= 11 is 3.36. The van der Waals surface area contributed by atoms with Crippen LogP contribution in [0.1, 0.15) is 33.6 Å². The third-order valence-corrected chi connectivity index (χ3v) is 6.67. The van der Waals surface area contributed by atoms with Crippen LogP contribution in [0.15, 0.2) is 29.0 Å². The molecule has 0 aromatic carbocycles. The lowest BCUT2D eigenvalue weighted by Crippen LogP contribution is -2.38. The smallest absolute Gasteiger partial charge is 0.226 e. The van der Waals surface area contributed by atoms with E-state index in [0.29, 0.717) is 0 Å². The normalized spacial score (nSPS) is 26.0. The lowest BCUT2D eigenvalue weighted by Gasteiger charge is -2.21. The van der Waals surface area contributed by atoms with Gasteiger partial charge in [-0.15, -0.1) is 11.3 Å². The molecule has 2 aliphatic heterocycles. The van der Waals surface area contributed by atoms with Crippen molar-refractivity contribution in [3.8, 4) is 0 Å². The summed E-state index contributed by atoms with van der Waals surface area (Å²) in [5, 5.41) is 8.43. The van der Waals surface area contributed by atoms with Gasteiger partial charge in [-0.1, -0.05) is 12.2 Å². The Bertz CT molecular complexity index is 747. The topological polar surface area (TPSA) is 51.2 Å². The molecule has 2 aliphatic rings. The molecule has 4 heterocycles. The van der Waals surface area contributed by atoms with Crippen LogP contribution in [-0.2, 0) is 16.0 Å². The number of thiazole rings is 1. The van der Waals surface area contributed by atoms with E-state index in [-0.39, 0.29) is 30.1 Å². The molecule has 4 rings (SSSR count). The second-order valence-corrected chi connectivity index (χ2v) is 8.47. The Labute approximate surface area is 149 Å². The average molecular weight is 361 g/mol. The Kier molecular flexibility index (Phi) is 4.28. The lowest BCUT2D eigenvalue weighted by molar-refractivity contribution is -0.126. The zero-order chi connectivity index (χ0) is 16.7. The van der Waals surface area contributed by atoms with E-state index in [4.69, 9.17) is 4.74 Å². The quantitative estimate of drug-likeness (QED) is 0.830. The van der Waals surface area contributed by atoms with Gasteiger partial charge in [0.15, 0.2) is 0 Å². The summed E-state index contributed by atoms with van der Waals surface area (Å²) < 4.78 is 5.74. The number of rotatable bonds is 5. The number of hydrogen-bond acceptors (Lipinski definition) is 5. The second kappa shape index (κ2) is 6.43. The summed E-state index contributed by atoms with van der Waals surface area (Å²) in [4.78, 5) is 18.7. The number of thiophene rings is 1. The average Bonchev–Trinajstić information content (AvgIpc) is 3.33. The molecule has 1 fully saturated rings. The van der Waals surface area contributed by atoms with Gasteiger partial charge in [0.1, 0.15) is 5.01 Å². The van der Waals surface area contributed by atoms with E-state index < -0.39 is 0 Å². The Hall–Kier alpha value is -1.50. The van der Waals surface area contributed by atoms with E-state index >= 15 is 0 Å². The molecule has 1 N–H and O–H groups in total. The second-order valence-electron chi connectivity index (χ2n) is 6.46. The van der Waals surface area contributed by atoms with Gasteiger partial charge in [0, 0.05) is 11.3 Å². The molecule has 0 unspecified atom stereocenters. The first-order valence-electron chi connectivity index (χ1n) is 8.19. The zero-order valence-corrected chi connectivity index (χ0v) is 15.3. The van der Waals surface area contributed by atoms with E-state index in [9.17, 15) is 4.79 Å². The van der Waals surface area contributed by atoms with Gasteiger partial charge in [-0.3, -0.25) is 4.79 Å². The van der Waals surface area contributed by atoms with Crippen molar-refractivity contribution >= 4 is 28.6 Å². The maximum atomic E-state index is 12.8. The largest absolute Gasteiger partial charge is 0.366 e. The van der Waals surface area contributed by atoms with Crippen molar-refractivity contribution in [3.05, 3.63) is 50.1 Å². The Balaban J connectivity index is 1.53. The number of aryl methyl sites for hydroxylation is 2. The molecule has 4 atom stereocenters. The number of amides is 1. The van der Waals surface area contributed by atoms with Crippen LogP contribution in [-0.4, -0.2) is 23.1 Å². The molecule has 2 aromatic rings. The Morgan fingerprint density at radius 2 is 2.33 bits per heavy atom. The summed E-state index contributed by atoms with van der Waals surface area (Å²) in [6.45, 7) is 4.10. The van der Waals surface area contributed by atoms with Gasteiger partial charge < -0.3 is 10.1 Å². The van der Waals surface area contributed by atoms with E-state index in [1.807, 2.05) is 13.0 Å². The molecular formula is C18H20N2O2S2. The maximum Gasteiger partial charge on any atom is 0.226 e. The molecule has 126 valence electrons. The number of carbonyl (C=O) groups is 1. The molecule has 0 radical (unpaired) electrons. The fourth-order valence-corrected chi connectivity index (χ4v) is 4.96. The summed E-state index contributed by atoms with van der Waals surface area (Å²) in [7, 11) is 0. The fraction of sp³-hybridized carbons (Fsp3) is 0.444. The van der Waals surface area contributed by atoms with Crippen LogP contribution in [0.2, 0.25) is 0 Å². The number of fused-ring (bicyclic) bond motifs is 2. The third kappa shape index (κ3) is 3.06. The van der Waals surface area contributed by atoms with E-state index in [0.717, 1.165) is 23.5 Å². The molecule has 1 amide bonds. The molecule has 0 aliphatic carbocycles. The van der Waals surface area contributed by atoms with Gasteiger partial charge in [-0.2, -0.15) is 11.3 Å². The number of hydrogen-bond donors (Lipinski definition) is 1. The van der Waals surface area contributed by atoms with E-state index in [2.05, 4.69) is 40.1 Å². The molecular weight excluding hydrogens is 340 g/mol. The molecule has 2 aromatic heterocycles. The number of carbonyl (C=O) groups excluding carboxylic acids is 1. The van der Waals surface area contributed by atoms with Crippen LogP contribution < -0.4 is 5.32 Å². The van der Waals surface area contributed by atoms with Gasteiger partial charge in [-0.05, 0) is 42.7 Å². The first-order valence-corrected chi connectivity index (χ1v) is 9.95. The number of ether oxygens (including phenoxy) is 1. The number of nitrogens with one attached hydrogen (secondary N) is 1. The predicted octanol–water partition coefficient (Wildman–Crippen LogP) is 3.56. The van der Waals surface area contributed by atoms with E-state index in [1.165, 1.54) is 10.4 Å². The molecule has 4 nitrogen and oxygen atoms in total. The monoisotopic (exact) mass is 360 g/mol. The highest BCUT2D eigenvalue weighted by Crippen LogP contribution is 2.35. The standard InChI is InChI=1S/C18H20N2O2S2/c1-10-11(2)24-18(19-10)15(7-12-5-6-23-9-12)20-17(21)14-8-13-3-4-16(14)22-13/h3-6,9,13-16H,7-8H2,1-2H3,(H,20,21)/t13-,14+,15+,16-/m0/s1. The van der Waals surface area contributed by atoms with Crippen LogP contribution in [0, 0.1) is 19.8 Å². The summed E-state index contributed by atoms with van der Waals surface area (Å²) in [6.07, 6.45) is 5.70. The van der Waals surface area contributed by atoms with Gasteiger partial charge >= 0.3 is 0 Å². The highest BCUT2D eigenvalue weighted by molar-refractivity contribution is 7.11. The van der Waals surface area contributed by atoms with Crippen molar-refractivity contribution in [2.24, 2.45) is 5.92 Å². The van der Waals surface area contributed by atoms with Crippen molar-refractivity contribution in [3.63, 3.8) is 0 Å². The Morgan fingerprint density at radius 3 is 2.92 bits per heavy atom. The minimum Gasteiger partial charge on any atom is -0.366 e. The van der Waals surface area contributed by atoms with Gasteiger partial charge in [-0.25, -0.2) is 4.98 Å². The predicted molar refractivity (Wildman–Crippen MR) is 96.4 cm³/mol. The summed E-state index contributed by atoms with van der Waals surface area (Å²) in [6, 6.07) is 2.04. The number of nitrogens with zero attached hydrogens (tertiary/aromatic N) is 1. The first-order chi connectivity index (χ1) is 11.6. The van der Waals surface area contributed by atoms with Gasteiger partial charge in [0.25, 0.3) is 0 Å². The van der Waals surface area contributed by atoms with Crippen molar-refractivity contribution in [1.29, 1.82) is 0 Å². The van der Waals surface area contributed by atoms with Crippen molar-refractivity contribution in [1.82, 2.24) is 10.3 Å². The van der Waals surface area contributed by atoms with Gasteiger partial charge in [0.05, 0.1) is 29.9 Å². The molecule has 6 heteroatoms.